The minimum Gasteiger partial charge on any atom is -0.336 e. The average Bonchev–Trinajstić information content (AvgIpc) is 3.35. The number of aromatic nitrogens is 2. The maximum Gasteiger partial charge on any atom is 0.257 e. The number of rotatable bonds is 7. The van der Waals surface area contributed by atoms with Crippen LogP contribution in [0.4, 0.5) is 0 Å². The van der Waals surface area contributed by atoms with Crippen LogP contribution in [0.1, 0.15) is 41.4 Å². The van der Waals surface area contributed by atoms with Gasteiger partial charge in [-0.05, 0) is 12.0 Å². The molecule has 8 heteroatoms. The van der Waals surface area contributed by atoms with E-state index in [1.807, 2.05) is 34.7 Å². The number of hydrogen-bond acceptors (Lipinski definition) is 5. The van der Waals surface area contributed by atoms with Gasteiger partial charge in [0.1, 0.15) is 0 Å². The Morgan fingerprint density at radius 3 is 2.29 bits per heavy atom. The monoisotopic (exact) mass is 423 g/mol. The van der Waals surface area contributed by atoms with Crippen LogP contribution in [0.2, 0.25) is 0 Å². The summed E-state index contributed by atoms with van der Waals surface area (Å²) in [5.74, 6) is -0.113. The van der Waals surface area contributed by atoms with Crippen molar-refractivity contribution in [2.45, 2.75) is 32.7 Å². The van der Waals surface area contributed by atoms with Crippen molar-refractivity contribution in [3.8, 4) is 0 Å². The Labute approximate surface area is 182 Å². The minimum atomic E-state index is -0.0709. The smallest absolute Gasteiger partial charge is 0.257 e. The third-order valence-electron chi connectivity index (χ3n) is 6.14. The van der Waals surface area contributed by atoms with Crippen LogP contribution >= 0.6 is 0 Å². The molecule has 2 aromatic rings. The van der Waals surface area contributed by atoms with Crippen molar-refractivity contribution in [3.63, 3.8) is 0 Å². The zero-order valence-corrected chi connectivity index (χ0v) is 18.0. The topological polar surface area (TPSA) is 78.8 Å². The Kier molecular flexibility index (Phi) is 6.46. The molecule has 164 valence electrons. The van der Waals surface area contributed by atoms with Crippen LogP contribution in [-0.4, -0.2) is 81.5 Å². The van der Waals surface area contributed by atoms with Crippen molar-refractivity contribution in [1.29, 1.82) is 0 Å². The van der Waals surface area contributed by atoms with Crippen molar-refractivity contribution in [2.75, 3.05) is 39.3 Å². The van der Waals surface area contributed by atoms with Crippen molar-refractivity contribution >= 4 is 17.7 Å². The number of likely N-dealkylation sites (tertiary alicyclic amines) is 1. The maximum absolute atomic E-state index is 13.2. The number of piperazine rings is 1. The first-order valence-electron chi connectivity index (χ1n) is 11.0. The van der Waals surface area contributed by atoms with Gasteiger partial charge in [-0.25, -0.2) is 0 Å². The van der Waals surface area contributed by atoms with Gasteiger partial charge in [0.25, 0.3) is 5.91 Å². The zero-order valence-electron chi connectivity index (χ0n) is 18.0. The standard InChI is InChI=1S/C23H29N5O3/c1-2-20-19(16-24-28(20)17-18-6-4-3-5-7-18)23(31)26-13-10-25(11-14-26)12-15-27-21(29)8-9-22(27)30/h3-7,16H,2,8-15,17H2,1H3. The molecule has 8 nitrogen and oxygen atoms in total. The molecule has 0 spiro atoms. The lowest BCUT2D eigenvalue weighted by Gasteiger charge is -2.35. The van der Waals surface area contributed by atoms with E-state index >= 15 is 0 Å². The molecule has 0 bridgehead atoms. The number of imide groups is 1. The average molecular weight is 424 g/mol. The molecule has 4 rings (SSSR count). The van der Waals surface area contributed by atoms with E-state index in [4.69, 9.17) is 0 Å². The van der Waals surface area contributed by atoms with Gasteiger partial charge in [-0.15, -0.1) is 0 Å². The van der Waals surface area contributed by atoms with E-state index in [1.54, 1.807) is 6.20 Å². The molecule has 0 saturated carbocycles. The third kappa shape index (κ3) is 4.69. The van der Waals surface area contributed by atoms with E-state index in [0.29, 0.717) is 51.1 Å². The maximum atomic E-state index is 13.2. The lowest BCUT2D eigenvalue weighted by atomic mass is 10.1. The molecule has 3 heterocycles. The van der Waals surface area contributed by atoms with Gasteiger partial charge in [0.05, 0.1) is 24.0 Å². The molecule has 2 fully saturated rings. The van der Waals surface area contributed by atoms with E-state index in [-0.39, 0.29) is 17.7 Å². The van der Waals surface area contributed by atoms with Gasteiger partial charge < -0.3 is 4.90 Å². The van der Waals surface area contributed by atoms with Crippen molar-refractivity contribution < 1.29 is 14.4 Å². The SMILES string of the molecule is CCc1c(C(=O)N2CCN(CCN3C(=O)CCC3=O)CC2)cnn1Cc1ccccc1. The van der Waals surface area contributed by atoms with Gasteiger partial charge in [-0.1, -0.05) is 37.3 Å². The summed E-state index contributed by atoms with van der Waals surface area (Å²) >= 11 is 0. The number of hydrogen-bond donors (Lipinski definition) is 0. The van der Waals surface area contributed by atoms with Crippen LogP contribution < -0.4 is 0 Å². The lowest BCUT2D eigenvalue weighted by molar-refractivity contribution is -0.138. The van der Waals surface area contributed by atoms with Crippen LogP contribution in [0, 0.1) is 0 Å². The van der Waals surface area contributed by atoms with Crippen molar-refractivity contribution in [3.05, 3.63) is 53.3 Å². The van der Waals surface area contributed by atoms with E-state index < -0.39 is 0 Å². The fourth-order valence-electron chi connectivity index (χ4n) is 4.31. The van der Waals surface area contributed by atoms with Crippen molar-refractivity contribution in [2.24, 2.45) is 0 Å². The largest absolute Gasteiger partial charge is 0.336 e. The van der Waals surface area contributed by atoms with Gasteiger partial charge in [0, 0.05) is 52.1 Å². The predicted octanol–water partition coefficient (Wildman–Crippen LogP) is 1.40. The highest BCUT2D eigenvalue weighted by molar-refractivity contribution is 6.01. The summed E-state index contributed by atoms with van der Waals surface area (Å²) in [5.41, 5.74) is 2.80. The van der Waals surface area contributed by atoms with Crippen LogP contribution in [0.3, 0.4) is 0 Å². The van der Waals surface area contributed by atoms with Crippen LogP contribution in [0.15, 0.2) is 36.5 Å². The van der Waals surface area contributed by atoms with Crippen molar-refractivity contribution in [1.82, 2.24) is 24.5 Å². The van der Waals surface area contributed by atoms with Gasteiger partial charge in [-0.3, -0.25) is 28.9 Å². The fourth-order valence-corrected chi connectivity index (χ4v) is 4.31. The molecule has 0 atom stereocenters. The molecular weight excluding hydrogens is 394 g/mol. The molecule has 2 saturated heterocycles. The van der Waals surface area contributed by atoms with Gasteiger partial charge in [-0.2, -0.15) is 5.10 Å². The number of nitrogens with zero attached hydrogens (tertiary/aromatic N) is 5. The zero-order chi connectivity index (χ0) is 21.8. The number of amides is 3. The molecule has 0 radical (unpaired) electrons. The van der Waals surface area contributed by atoms with E-state index in [2.05, 4.69) is 22.1 Å². The van der Waals surface area contributed by atoms with Gasteiger partial charge in [0.15, 0.2) is 0 Å². The summed E-state index contributed by atoms with van der Waals surface area (Å²) in [6.45, 7) is 6.55. The molecule has 0 unspecified atom stereocenters. The summed E-state index contributed by atoms with van der Waals surface area (Å²) in [4.78, 5) is 42.1. The quantitative estimate of drug-likeness (QED) is 0.629. The molecular formula is C23H29N5O3. The Morgan fingerprint density at radius 2 is 1.65 bits per heavy atom. The molecule has 2 aliphatic rings. The van der Waals surface area contributed by atoms with E-state index in [9.17, 15) is 14.4 Å². The lowest BCUT2D eigenvalue weighted by Crippen LogP contribution is -2.50. The molecule has 1 aromatic carbocycles. The van der Waals surface area contributed by atoms with Gasteiger partial charge in [0.2, 0.25) is 11.8 Å². The molecule has 0 aliphatic carbocycles. The molecule has 1 aromatic heterocycles. The molecule has 3 amide bonds. The highest BCUT2D eigenvalue weighted by atomic mass is 16.2. The first kappa shape index (κ1) is 21.2. The Balaban J connectivity index is 1.33. The first-order chi connectivity index (χ1) is 15.1. The third-order valence-corrected chi connectivity index (χ3v) is 6.14. The Hall–Kier alpha value is -3.00. The second kappa shape index (κ2) is 9.43. The number of carbonyl (C=O) groups is 3. The molecule has 0 N–H and O–H groups in total. The van der Waals surface area contributed by atoms with Crippen LogP contribution in [0.25, 0.3) is 0 Å². The highest BCUT2D eigenvalue weighted by Crippen LogP contribution is 2.17. The second-order valence-electron chi connectivity index (χ2n) is 8.07. The summed E-state index contributed by atoms with van der Waals surface area (Å²) in [7, 11) is 0. The Bertz CT molecular complexity index is 931. The highest BCUT2D eigenvalue weighted by Gasteiger charge is 2.30. The summed E-state index contributed by atoms with van der Waals surface area (Å²) in [5, 5.41) is 4.49. The first-order valence-corrected chi connectivity index (χ1v) is 11.0. The molecule has 2 aliphatic heterocycles. The normalized spacial score (nSPS) is 17.6. The molecule has 31 heavy (non-hydrogen) atoms. The number of carbonyl (C=O) groups excluding carboxylic acids is 3. The van der Waals surface area contributed by atoms with Crippen LogP contribution in [0.5, 0.6) is 0 Å². The van der Waals surface area contributed by atoms with Crippen LogP contribution in [-0.2, 0) is 22.6 Å². The summed E-state index contributed by atoms with van der Waals surface area (Å²) in [6, 6.07) is 10.1. The second-order valence-corrected chi connectivity index (χ2v) is 8.07. The van der Waals surface area contributed by atoms with E-state index in [1.165, 1.54) is 4.90 Å². The van der Waals surface area contributed by atoms with E-state index in [0.717, 1.165) is 30.8 Å². The fraction of sp³-hybridized carbons (Fsp3) is 0.478. The summed E-state index contributed by atoms with van der Waals surface area (Å²) < 4.78 is 1.92. The number of benzene rings is 1. The van der Waals surface area contributed by atoms with Gasteiger partial charge >= 0.3 is 0 Å². The predicted molar refractivity (Wildman–Crippen MR) is 115 cm³/mol. The minimum absolute atomic E-state index is 0.0284. The Morgan fingerprint density at radius 1 is 0.968 bits per heavy atom. The summed E-state index contributed by atoms with van der Waals surface area (Å²) in [6.07, 6.45) is 3.10.